The van der Waals surface area contributed by atoms with E-state index in [1.807, 2.05) is 6.07 Å². The molecule has 1 atom stereocenters. The van der Waals surface area contributed by atoms with Crippen LogP contribution >= 0.6 is 11.8 Å². The molecular weight excluding hydrogens is 240 g/mol. The van der Waals surface area contributed by atoms with E-state index < -0.39 is 11.2 Å². The molecule has 7 heteroatoms. The average molecular weight is 250 g/mol. The van der Waals surface area contributed by atoms with Gasteiger partial charge in [-0.05, 0) is 16.0 Å². The Labute approximate surface area is 102 Å². The van der Waals surface area contributed by atoms with Crippen LogP contribution in [0.1, 0.15) is 10.8 Å². The minimum atomic E-state index is -0.913. The van der Waals surface area contributed by atoms with Crippen LogP contribution in [0.15, 0.2) is 35.5 Å². The average Bonchev–Trinajstić information content (AvgIpc) is 2.72. The smallest absolute Gasteiger partial charge is 0.321 e. The molecular formula is C10H10N4O2S. The number of aromatic nitrogens is 4. The molecule has 0 aliphatic carbocycles. The van der Waals surface area contributed by atoms with Crippen molar-refractivity contribution in [2.75, 3.05) is 0 Å². The lowest BCUT2D eigenvalue weighted by atomic mass is 10.1. The Bertz CT molecular complexity index is 514. The van der Waals surface area contributed by atoms with Gasteiger partial charge in [0.25, 0.3) is 0 Å². The number of tetrazole rings is 1. The minimum Gasteiger partial charge on any atom is -0.480 e. The number of thioether (sulfide) groups is 1. The Morgan fingerprint density at radius 1 is 1.41 bits per heavy atom. The largest absolute Gasteiger partial charge is 0.480 e. The highest BCUT2D eigenvalue weighted by Gasteiger charge is 2.23. The number of benzene rings is 1. The quantitative estimate of drug-likeness (QED) is 0.819. The SMILES string of the molecule is Cn1nnnc1S[C@H](C(=O)O)c1ccccc1. The fraction of sp³-hybridized carbons (Fsp3) is 0.200. The summed E-state index contributed by atoms with van der Waals surface area (Å²) in [5.41, 5.74) is 0.716. The minimum absolute atomic E-state index is 0.473. The molecule has 1 heterocycles. The van der Waals surface area contributed by atoms with Gasteiger partial charge in [0.05, 0.1) is 0 Å². The van der Waals surface area contributed by atoms with Crippen LogP contribution in [0.25, 0.3) is 0 Å². The summed E-state index contributed by atoms with van der Waals surface area (Å²) in [7, 11) is 1.67. The van der Waals surface area contributed by atoms with E-state index in [1.54, 1.807) is 31.3 Å². The van der Waals surface area contributed by atoms with Gasteiger partial charge in [0.2, 0.25) is 5.16 Å². The number of carbonyl (C=O) groups is 1. The lowest BCUT2D eigenvalue weighted by molar-refractivity contribution is -0.136. The fourth-order valence-electron chi connectivity index (χ4n) is 1.32. The molecule has 0 saturated carbocycles. The standard InChI is InChI=1S/C10H10N4O2S/c1-14-10(11-12-13-14)17-8(9(15)16)7-5-3-2-4-6-7/h2-6,8H,1H3,(H,15,16)/t8-/m0/s1. The normalized spacial score (nSPS) is 12.3. The Morgan fingerprint density at radius 2 is 2.12 bits per heavy atom. The van der Waals surface area contributed by atoms with E-state index in [0.717, 1.165) is 11.8 Å². The first kappa shape index (κ1) is 11.6. The summed E-state index contributed by atoms with van der Waals surface area (Å²) in [5.74, 6) is -0.913. The van der Waals surface area contributed by atoms with Gasteiger partial charge in [0.1, 0.15) is 5.25 Å². The second kappa shape index (κ2) is 4.96. The van der Waals surface area contributed by atoms with E-state index in [1.165, 1.54) is 4.68 Å². The van der Waals surface area contributed by atoms with Crippen molar-refractivity contribution in [1.29, 1.82) is 0 Å². The summed E-state index contributed by atoms with van der Waals surface area (Å²) in [6.07, 6.45) is 0. The number of hydrogen-bond acceptors (Lipinski definition) is 5. The summed E-state index contributed by atoms with van der Waals surface area (Å²) >= 11 is 1.11. The highest BCUT2D eigenvalue weighted by Crippen LogP contribution is 2.33. The summed E-state index contributed by atoms with van der Waals surface area (Å²) < 4.78 is 1.45. The second-order valence-corrected chi connectivity index (χ2v) is 4.40. The first-order chi connectivity index (χ1) is 8.18. The van der Waals surface area contributed by atoms with Crippen molar-refractivity contribution in [1.82, 2.24) is 20.2 Å². The van der Waals surface area contributed by atoms with Crippen LogP contribution in [-0.4, -0.2) is 31.3 Å². The zero-order valence-corrected chi connectivity index (χ0v) is 9.83. The maximum atomic E-state index is 11.2. The third-order valence-electron chi connectivity index (χ3n) is 2.13. The number of aryl methyl sites for hydroxylation is 1. The summed E-state index contributed by atoms with van der Waals surface area (Å²) in [6, 6.07) is 9.00. The van der Waals surface area contributed by atoms with E-state index in [4.69, 9.17) is 0 Å². The molecule has 0 amide bonds. The number of aliphatic carboxylic acids is 1. The van der Waals surface area contributed by atoms with Crippen LogP contribution in [0.4, 0.5) is 0 Å². The molecule has 6 nitrogen and oxygen atoms in total. The maximum Gasteiger partial charge on any atom is 0.321 e. The summed E-state index contributed by atoms with van der Waals surface area (Å²) in [4.78, 5) is 11.2. The Morgan fingerprint density at radius 3 is 2.65 bits per heavy atom. The van der Waals surface area contributed by atoms with Gasteiger partial charge in [0, 0.05) is 7.05 Å². The Hall–Kier alpha value is -1.89. The first-order valence-corrected chi connectivity index (χ1v) is 5.73. The van der Waals surface area contributed by atoms with Gasteiger partial charge >= 0.3 is 5.97 Å². The van der Waals surface area contributed by atoms with E-state index in [9.17, 15) is 9.90 Å². The summed E-state index contributed by atoms with van der Waals surface area (Å²) in [5, 5.41) is 19.9. The summed E-state index contributed by atoms with van der Waals surface area (Å²) in [6.45, 7) is 0. The van der Waals surface area contributed by atoms with Crippen molar-refractivity contribution in [2.45, 2.75) is 10.4 Å². The third kappa shape index (κ3) is 2.62. The molecule has 2 aromatic rings. The van der Waals surface area contributed by atoms with Gasteiger partial charge in [-0.1, -0.05) is 42.1 Å². The van der Waals surface area contributed by atoms with Crippen molar-refractivity contribution in [3.05, 3.63) is 35.9 Å². The van der Waals surface area contributed by atoms with Crippen LogP contribution in [0, 0.1) is 0 Å². The Kier molecular flexibility index (Phi) is 3.38. The molecule has 0 aliphatic rings. The second-order valence-electron chi connectivity index (χ2n) is 3.33. The van der Waals surface area contributed by atoms with Gasteiger partial charge in [-0.25, -0.2) is 4.68 Å². The molecule has 0 bridgehead atoms. The zero-order chi connectivity index (χ0) is 12.3. The molecule has 17 heavy (non-hydrogen) atoms. The molecule has 2 rings (SSSR count). The molecule has 0 fully saturated rings. The number of carboxylic acids is 1. The van der Waals surface area contributed by atoms with Crippen molar-refractivity contribution < 1.29 is 9.90 Å². The third-order valence-corrected chi connectivity index (χ3v) is 3.40. The number of carboxylic acid groups (broad SMARTS) is 1. The molecule has 0 aliphatic heterocycles. The zero-order valence-electron chi connectivity index (χ0n) is 9.02. The van der Waals surface area contributed by atoms with E-state index in [2.05, 4.69) is 15.5 Å². The van der Waals surface area contributed by atoms with Gasteiger partial charge in [-0.2, -0.15) is 0 Å². The van der Waals surface area contributed by atoms with Gasteiger partial charge in [0.15, 0.2) is 0 Å². The monoisotopic (exact) mass is 250 g/mol. The molecule has 0 unspecified atom stereocenters. The molecule has 0 spiro atoms. The molecule has 0 saturated heterocycles. The highest BCUT2D eigenvalue weighted by atomic mass is 32.2. The highest BCUT2D eigenvalue weighted by molar-refractivity contribution is 8.00. The fourth-order valence-corrected chi connectivity index (χ4v) is 2.19. The van der Waals surface area contributed by atoms with Crippen molar-refractivity contribution in [2.24, 2.45) is 7.05 Å². The Balaban J connectivity index is 2.26. The van der Waals surface area contributed by atoms with Crippen LogP contribution in [0.2, 0.25) is 0 Å². The number of nitrogens with zero attached hydrogens (tertiary/aromatic N) is 4. The van der Waals surface area contributed by atoms with Gasteiger partial charge in [-0.3, -0.25) is 4.79 Å². The molecule has 1 N–H and O–H groups in total. The number of rotatable bonds is 4. The molecule has 0 radical (unpaired) electrons. The lowest BCUT2D eigenvalue weighted by Crippen LogP contribution is -2.09. The van der Waals surface area contributed by atoms with Crippen molar-refractivity contribution in [3.8, 4) is 0 Å². The maximum absolute atomic E-state index is 11.2. The first-order valence-electron chi connectivity index (χ1n) is 4.85. The topological polar surface area (TPSA) is 80.9 Å². The predicted molar refractivity (Wildman–Crippen MR) is 61.5 cm³/mol. The van der Waals surface area contributed by atoms with Gasteiger partial charge in [-0.15, -0.1) is 5.10 Å². The van der Waals surface area contributed by atoms with E-state index in [0.29, 0.717) is 10.7 Å². The van der Waals surface area contributed by atoms with Crippen LogP contribution in [-0.2, 0) is 11.8 Å². The van der Waals surface area contributed by atoms with Crippen LogP contribution < -0.4 is 0 Å². The van der Waals surface area contributed by atoms with Crippen LogP contribution in [0.3, 0.4) is 0 Å². The molecule has 1 aromatic heterocycles. The van der Waals surface area contributed by atoms with E-state index in [-0.39, 0.29) is 0 Å². The van der Waals surface area contributed by atoms with Gasteiger partial charge < -0.3 is 5.11 Å². The van der Waals surface area contributed by atoms with Crippen LogP contribution in [0.5, 0.6) is 0 Å². The number of hydrogen-bond donors (Lipinski definition) is 1. The molecule has 1 aromatic carbocycles. The van der Waals surface area contributed by atoms with Crippen molar-refractivity contribution in [3.63, 3.8) is 0 Å². The lowest BCUT2D eigenvalue weighted by Gasteiger charge is -2.10. The predicted octanol–water partition coefficient (Wildman–Crippen LogP) is 1.13. The van der Waals surface area contributed by atoms with E-state index >= 15 is 0 Å². The van der Waals surface area contributed by atoms with Crippen molar-refractivity contribution >= 4 is 17.7 Å². The molecule has 88 valence electrons.